The van der Waals surface area contributed by atoms with E-state index in [0.717, 1.165) is 32.1 Å². The van der Waals surface area contributed by atoms with Crippen molar-refractivity contribution >= 4 is 11.8 Å². The van der Waals surface area contributed by atoms with Crippen LogP contribution in [0.25, 0.3) is 0 Å². The van der Waals surface area contributed by atoms with E-state index in [9.17, 15) is 9.59 Å². The predicted octanol–water partition coefficient (Wildman–Crippen LogP) is 3.17. The third kappa shape index (κ3) is 2.09. The van der Waals surface area contributed by atoms with Crippen molar-refractivity contribution in [2.24, 2.45) is 0 Å². The van der Waals surface area contributed by atoms with Gasteiger partial charge in [-0.25, -0.2) is 0 Å². The number of nitrogens with zero attached hydrogens (tertiary/aromatic N) is 1. The average Bonchev–Trinajstić information content (AvgIpc) is 2.64. The first-order chi connectivity index (χ1) is 9.29. The van der Waals surface area contributed by atoms with E-state index in [1.807, 2.05) is 12.1 Å². The monoisotopic (exact) mass is 255 g/mol. The fourth-order valence-corrected chi connectivity index (χ4v) is 2.94. The lowest BCUT2D eigenvalue weighted by atomic mass is 9.99. The fraction of sp³-hybridized carbons (Fsp3) is 0.375. The van der Waals surface area contributed by atoms with Crippen LogP contribution in [0.3, 0.4) is 0 Å². The van der Waals surface area contributed by atoms with Gasteiger partial charge in [0, 0.05) is 6.04 Å². The van der Waals surface area contributed by atoms with Gasteiger partial charge in [0.2, 0.25) is 0 Å². The second kappa shape index (κ2) is 5.00. The lowest BCUT2D eigenvalue weighted by Crippen LogP contribution is -2.40. The molecule has 0 saturated carbocycles. The van der Waals surface area contributed by atoms with E-state index in [1.165, 1.54) is 4.90 Å². The van der Waals surface area contributed by atoms with Crippen LogP contribution < -0.4 is 0 Å². The highest BCUT2D eigenvalue weighted by atomic mass is 16.2. The van der Waals surface area contributed by atoms with Crippen molar-refractivity contribution in [1.82, 2.24) is 4.90 Å². The summed E-state index contributed by atoms with van der Waals surface area (Å²) >= 11 is 0. The molecule has 0 N–H and O–H groups in total. The maximum Gasteiger partial charge on any atom is 0.261 e. The Bertz CT molecular complexity index is 512. The summed E-state index contributed by atoms with van der Waals surface area (Å²) in [6.45, 7) is 0. The summed E-state index contributed by atoms with van der Waals surface area (Å²) in [5, 5.41) is 0. The van der Waals surface area contributed by atoms with Crippen molar-refractivity contribution in [2.45, 2.75) is 38.1 Å². The quantitative estimate of drug-likeness (QED) is 0.571. The summed E-state index contributed by atoms with van der Waals surface area (Å²) in [6, 6.07) is 7.18. The van der Waals surface area contributed by atoms with Gasteiger partial charge in [-0.2, -0.15) is 0 Å². The molecule has 0 spiro atoms. The first-order valence-electron chi connectivity index (χ1n) is 6.91. The van der Waals surface area contributed by atoms with Gasteiger partial charge in [-0.3, -0.25) is 14.5 Å². The first-order valence-corrected chi connectivity index (χ1v) is 6.91. The topological polar surface area (TPSA) is 37.4 Å². The van der Waals surface area contributed by atoms with Crippen LogP contribution in [0.1, 0.15) is 52.8 Å². The van der Waals surface area contributed by atoms with Crippen LogP contribution >= 0.6 is 0 Å². The molecule has 0 fully saturated rings. The Labute approximate surface area is 112 Å². The van der Waals surface area contributed by atoms with E-state index in [0.29, 0.717) is 11.1 Å². The molecule has 0 unspecified atom stereocenters. The molecule has 3 heteroatoms. The second-order valence-electron chi connectivity index (χ2n) is 5.16. The van der Waals surface area contributed by atoms with E-state index in [1.54, 1.807) is 12.1 Å². The summed E-state index contributed by atoms with van der Waals surface area (Å²) in [5.74, 6) is -0.231. The maximum atomic E-state index is 12.4. The molecule has 0 saturated heterocycles. The molecule has 1 aromatic rings. The number of benzene rings is 1. The molecule has 1 aliphatic carbocycles. The minimum absolute atomic E-state index is 0.0531. The molecule has 3 nitrogen and oxygen atoms in total. The van der Waals surface area contributed by atoms with Crippen LogP contribution in [0.2, 0.25) is 0 Å². The van der Waals surface area contributed by atoms with Crippen molar-refractivity contribution in [2.75, 3.05) is 0 Å². The summed E-state index contributed by atoms with van der Waals surface area (Å²) in [4.78, 5) is 26.3. The van der Waals surface area contributed by atoms with Crippen molar-refractivity contribution in [3.8, 4) is 0 Å². The summed E-state index contributed by atoms with van der Waals surface area (Å²) in [6.07, 6.45) is 9.16. The summed E-state index contributed by atoms with van der Waals surface area (Å²) in [5.41, 5.74) is 1.12. The Morgan fingerprint density at radius 2 is 1.53 bits per heavy atom. The van der Waals surface area contributed by atoms with Gasteiger partial charge in [0.05, 0.1) is 11.1 Å². The van der Waals surface area contributed by atoms with Crippen molar-refractivity contribution < 1.29 is 9.59 Å². The zero-order chi connectivity index (χ0) is 13.2. The van der Waals surface area contributed by atoms with Gasteiger partial charge < -0.3 is 0 Å². The third-order valence-electron chi connectivity index (χ3n) is 3.93. The van der Waals surface area contributed by atoms with Gasteiger partial charge in [0.1, 0.15) is 0 Å². The van der Waals surface area contributed by atoms with Gasteiger partial charge in [0.25, 0.3) is 11.8 Å². The van der Waals surface area contributed by atoms with E-state index < -0.39 is 0 Å². The highest BCUT2D eigenvalue weighted by molar-refractivity contribution is 6.21. The zero-order valence-corrected chi connectivity index (χ0v) is 10.8. The highest BCUT2D eigenvalue weighted by Crippen LogP contribution is 2.28. The number of allylic oxidation sites excluding steroid dienone is 2. The summed E-state index contributed by atoms with van der Waals surface area (Å²) in [7, 11) is 0. The number of imide groups is 1. The first kappa shape index (κ1) is 12.2. The Morgan fingerprint density at radius 3 is 2.21 bits per heavy atom. The molecule has 1 atom stereocenters. The fourth-order valence-electron chi connectivity index (χ4n) is 2.94. The van der Waals surface area contributed by atoms with Crippen molar-refractivity contribution in [3.63, 3.8) is 0 Å². The predicted molar refractivity (Wildman–Crippen MR) is 73.0 cm³/mol. The van der Waals surface area contributed by atoms with E-state index in [-0.39, 0.29) is 17.9 Å². The molecule has 98 valence electrons. The molecule has 0 aromatic heterocycles. The number of carbonyl (C=O) groups excluding carboxylic acids is 2. The Hall–Kier alpha value is -1.90. The molecule has 2 amide bonds. The zero-order valence-electron chi connectivity index (χ0n) is 10.8. The van der Waals surface area contributed by atoms with Crippen LogP contribution in [-0.4, -0.2) is 22.8 Å². The molecular formula is C16H17NO2. The van der Waals surface area contributed by atoms with E-state index >= 15 is 0 Å². The largest absolute Gasteiger partial charge is 0.271 e. The molecule has 19 heavy (non-hydrogen) atoms. The number of hydrogen-bond donors (Lipinski definition) is 0. The van der Waals surface area contributed by atoms with Gasteiger partial charge in [-0.15, -0.1) is 0 Å². The minimum atomic E-state index is -0.116. The smallest absolute Gasteiger partial charge is 0.261 e. The number of fused-ring (bicyclic) bond motifs is 1. The third-order valence-corrected chi connectivity index (χ3v) is 3.93. The average molecular weight is 255 g/mol. The van der Waals surface area contributed by atoms with Crippen LogP contribution in [0.4, 0.5) is 0 Å². The second-order valence-corrected chi connectivity index (χ2v) is 5.16. The number of carbonyl (C=O) groups is 2. The van der Waals surface area contributed by atoms with E-state index in [4.69, 9.17) is 0 Å². The minimum Gasteiger partial charge on any atom is -0.271 e. The Kier molecular flexibility index (Phi) is 3.20. The van der Waals surface area contributed by atoms with Crippen molar-refractivity contribution in [3.05, 3.63) is 47.5 Å². The van der Waals surface area contributed by atoms with Crippen LogP contribution in [0, 0.1) is 0 Å². The summed E-state index contributed by atoms with van der Waals surface area (Å²) < 4.78 is 0. The van der Waals surface area contributed by atoms with Crippen LogP contribution in [0.15, 0.2) is 36.4 Å². The molecule has 0 radical (unpaired) electrons. The molecular weight excluding hydrogens is 238 g/mol. The molecule has 1 heterocycles. The lowest BCUT2D eigenvalue weighted by molar-refractivity contribution is 0.0566. The lowest BCUT2D eigenvalue weighted by Gasteiger charge is -2.26. The highest BCUT2D eigenvalue weighted by Gasteiger charge is 2.39. The standard InChI is InChI=1S/C16H17NO2/c18-15-13-10-6-7-11-14(13)16(19)17(15)12-8-4-2-1-3-5-9-12/h1-2,6-7,10-12H,3-5,8-9H2/t12-/m0/s1. The maximum absolute atomic E-state index is 12.4. The number of hydrogen-bond acceptors (Lipinski definition) is 2. The van der Waals surface area contributed by atoms with Crippen LogP contribution in [-0.2, 0) is 0 Å². The number of amides is 2. The van der Waals surface area contributed by atoms with Gasteiger partial charge in [0.15, 0.2) is 0 Å². The van der Waals surface area contributed by atoms with E-state index in [2.05, 4.69) is 12.2 Å². The number of rotatable bonds is 1. The van der Waals surface area contributed by atoms with Gasteiger partial charge in [-0.1, -0.05) is 24.3 Å². The van der Waals surface area contributed by atoms with Crippen molar-refractivity contribution in [1.29, 1.82) is 0 Å². The molecule has 2 aliphatic rings. The molecule has 3 rings (SSSR count). The SMILES string of the molecule is O=C1c2ccccc2C(=O)N1[C@H]1CCC=CCCC1. The normalized spacial score (nSPS) is 23.2. The molecule has 0 bridgehead atoms. The Balaban J connectivity index is 1.88. The van der Waals surface area contributed by atoms with Crippen LogP contribution in [0.5, 0.6) is 0 Å². The molecule has 1 aliphatic heterocycles. The molecule has 1 aromatic carbocycles. The van der Waals surface area contributed by atoms with Gasteiger partial charge in [-0.05, 0) is 44.2 Å². The van der Waals surface area contributed by atoms with Gasteiger partial charge >= 0.3 is 0 Å². The Morgan fingerprint density at radius 1 is 0.895 bits per heavy atom.